The quantitative estimate of drug-likeness (QED) is 0.671. The van der Waals surface area contributed by atoms with Crippen LogP contribution in [-0.4, -0.2) is 52.6 Å². The minimum absolute atomic E-state index is 0.123. The summed E-state index contributed by atoms with van der Waals surface area (Å²) in [6.07, 6.45) is 0.123. The first-order valence-electron chi connectivity index (χ1n) is 6.60. The molecule has 0 aliphatic heterocycles. The molecular weight excluding hydrogens is 294 g/mol. The van der Waals surface area contributed by atoms with Crippen LogP contribution in [-0.2, 0) is 30.7 Å². The summed E-state index contributed by atoms with van der Waals surface area (Å²) in [4.78, 5) is 11.4. The number of likely N-dealkylation sites (N-methyl/N-ethyl adjacent to an activating group) is 1. The summed E-state index contributed by atoms with van der Waals surface area (Å²) < 4.78 is 35.7. The highest BCUT2D eigenvalue weighted by Gasteiger charge is 2.22. The van der Waals surface area contributed by atoms with E-state index < -0.39 is 10.0 Å². The first-order valence-corrected chi connectivity index (χ1v) is 8.04. The fraction of sp³-hybridized carbons (Fsp3) is 0.500. The van der Waals surface area contributed by atoms with Crippen molar-refractivity contribution in [1.82, 2.24) is 4.31 Å². The monoisotopic (exact) mass is 315 g/mol. The van der Waals surface area contributed by atoms with Gasteiger partial charge >= 0.3 is 5.97 Å². The van der Waals surface area contributed by atoms with Crippen molar-refractivity contribution in [2.24, 2.45) is 0 Å². The van der Waals surface area contributed by atoms with E-state index in [1.165, 1.54) is 30.7 Å². The van der Waals surface area contributed by atoms with Crippen molar-refractivity contribution in [3.63, 3.8) is 0 Å². The Balaban J connectivity index is 2.90. The number of nitrogens with zero attached hydrogens (tertiary/aromatic N) is 1. The Bertz CT molecular complexity index is 553. The molecular formula is C14H21NO5S. The third-order valence-electron chi connectivity index (χ3n) is 3.03. The summed E-state index contributed by atoms with van der Waals surface area (Å²) in [5.74, 6) is -0.360. The van der Waals surface area contributed by atoms with Gasteiger partial charge in [0.1, 0.15) is 0 Å². The van der Waals surface area contributed by atoms with E-state index in [-0.39, 0.29) is 17.3 Å². The summed E-state index contributed by atoms with van der Waals surface area (Å²) in [6.45, 7) is 2.79. The lowest BCUT2D eigenvalue weighted by Gasteiger charge is -2.20. The number of ether oxygens (including phenoxy) is 2. The van der Waals surface area contributed by atoms with Gasteiger partial charge in [-0.25, -0.2) is 8.42 Å². The molecule has 7 heteroatoms. The molecule has 1 aromatic rings. The number of hydrogen-bond acceptors (Lipinski definition) is 5. The average molecular weight is 315 g/mol. The van der Waals surface area contributed by atoms with Crippen LogP contribution in [0, 0.1) is 0 Å². The molecule has 0 aromatic heterocycles. The van der Waals surface area contributed by atoms with Gasteiger partial charge in [-0.2, -0.15) is 4.31 Å². The zero-order valence-electron chi connectivity index (χ0n) is 12.5. The number of esters is 1. The summed E-state index contributed by atoms with van der Waals surface area (Å²) >= 11 is 0. The van der Waals surface area contributed by atoms with Gasteiger partial charge in [-0.1, -0.05) is 19.1 Å². The van der Waals surface area contributed by atoms with Crippen LogP contribution in [0.1, 0.15) is 12.5 Å². The van der Waals surface area contributed by atoms with Gasteiger partial charge in [0.25, 0.3) is 0 Å². The molecule has 0 atom stereocenters. The van der Waals surface area contributed by atoms with Crippen LogP contribution in [0.15, 0.2) is 29.2 Å². The van der Waals surface area contributed by atoms with E-state index in [1.807, 2.05) is 0 Å². The smallest absolute Gasteiger partial charge is 0.309 e. The second kappa shape index (κ2) is 8.11. The van der Waals surface area contributed by atoms with Gasteiger partial charge in [0.05, 0.1) is 25.0 Å². The van der Waals surface area contributed by atoms with Crippen LogP contribution in [0.3, 0.4) is 0 Å². The third kappa shape index (κ3) is 4.80. The standard InChI is InChI=1S/C14H21NO5S/c1-4-15(9-10-19-2)21(17,18)13-7-5-12(6-8-13)11-14(16)20-3/h5-8H,4,9-11H2,1-3H3. The predicted molar refractivity (Wildman–Crippen MR) is 78.5 cm³/mol. The first kappa shape index (κ1) is 17.6. The molecule has 0 aliphatic rings. The normalized spacial score (nSPS) is 11.6. The average Bonchev–Trinajstić information content (AvgIpc) is 2.48. The highest BCUT2D eigenvalue weighted by atomic mass is 32.2. The van der Waals surface area contributed by atoms with Gasteiger partial charge in [-0.15, -0.1) is 0 Å². The molecule has 6 nitrogen and oxygen atoms in total. The largest absolute Gasteiger partial charge is 0.469 e. The Labute approximate surface area is 125 Å². The molecule has 0 saturated carbocycles. The van der Waals surface area contributed by atoms with Gasteiger partial charge in [0.2, 0.25) is 10.0 Å². The highest BCUT2D eigenvalue weighted by molar-refractivity contribution is 7.89. The van der Waals surface area contributed by atoms with E-state index in [0.29, 0.717) is 25.3 Å². The molecule has 1 rings (SSSR count). The first-order chi connectivity index (χ1) is 9.95. The Morgan fingerprint density at radius 2 is 1.81 bits per heavy atom. The minimum atomic E-state index is -3.54. The summed E-state index contributed by atoms with van der Waals surface area (Å²) in [5, 5.41) is 0. The summed E-state index contributed by atoms with van der Waals surface area (Å²) in [7, 11) is -0.692. The summed E-state index contributed by atoms with van der Waals surface area (Å²) in [5.41, 5.74) is 0.709. The van der Waals surface area contributed by atoms with Gasteiger partial charge in [0.15, 0.2) is 0 Å². The molecule has 0 heterocycles. The zero-order chi connectivity index (χ0) is 15.9. The predicted octanol–water partition coefficient (Wildman–Crippen LogP) is 1.06. The van der Waals surface area contributed by atoms with Crippen molar-refractivity contribution in [2.45, 2.75) is 18.2 Å². The number of hydrogen-bond donors (Lipinski definition) is 0. The van der Waals surface area contributed by atoms with Crippen LogP contribution < -0.4 is 0 Å². The maximum absolute atomic E-state index is 12.4. The molecule has 21 heavy (non-hydrogen) atoms. The van der Waals surface area contributed by atoms with E-state index in [2.05, 4.69) is 4.74 Å². The highest BCUT2D eigenvalue weighted by Crippen LogP contribution is 2.16. The SMILES string of the molecule is CCN(CCOC)S(=O)(=O)c1ccc(CC(=O)OC)cc1. The van der Waals surface area contributed by atoms with Gasteiger partial charge in [-0.05, 0) is 17.7 Å². The minimum Gasteiger partial charge on any atom is -0.469 e. The number of sulfonamides is 1. The molecule has 0 unspecified atom stereocenters. The van der Waals surface area contributed by atoms with Gasteiger partial charge in [-0.3, -0.25) is 4.79 Å². The lowest BCUT2D eigenvalue weighted by Crippen LogP contribution is -2.33. The van der Waals surface area contributed by atoms with Crippen molar-refractivity contribution < 1.29 is 22.7 Å². The topological polar surface area (TPSA) is 72.9 Å². The van der Waals surface area contributed by atoms with E-state index in [1.54, 1.807) is 19.1 Å². The molecule has 0 spiro atoms. The van der Waals surface area contributed by atoms with Crippen molar-refractivity contribution in [2.75, 3.05) is 33.9 Å². The molecule has 118 valence electrons. The lowest BCUT2D eigenvalue weighted by molar-refractivity contribution is -0.139. The van der Waals surface area contributed by atoms with Crippen LogP contribution >= 0.6 is 0 Å². The summed E-state index contributed by atoms with van der Waals surface area (Å²) in [6, 6.07) is 6.24. The van der Waals surface area contributed by atoms with Gasteiger partial charge < -0.3 is 9.47 Å². The Kier molecular flexibility index (Phi) is 6.80. The van der Waals surface area contributed by atoms with Crippen molar-refractivity contribution in [1.29, 1.82) is 0 Å². The van der Waals surface area contributed by atoms with E-state index in [9.17, 15) is 13.2 Å². The number of methoxy groups -OCH3 is 2. The Hall–Kier alpha value is -1.44. The molecule has 1 aromatic carbocycles. The van der Waals surface area contributed by atoms with Crippen molar-refractivity contribution >= 4 is 16.0 Å². The molecule has 0 fully saturated rings. The van der Waals surface area contributed by atoms with Crippen LogP contribution in [0.4, 0.5) is 0 Å². The molecule has 0 bridgehead atoms. The van der Waals surface area contributed by atoms with Crippen LogP contribution in [0.25, 0.3) is 0 Å². The fourth-order valence-electron chi connectivity index (χ4n) is 1.81. The lowest BCUT2D eigenvalue weighted by atomic mass is 10.2. The Morgan fingerprint density at radius 3 is 2.29 bits per heavy atom. The number of carbonyl (C=O) groups is 1. The number of benzene rings is 1. The number of rotatable bonds is 8. The zero-order valence-corrected chi connectivity index (χ0v) is 13.4. The van der Waals surface area contributed by atoms with E-state index in [4.69, 9.17) is 4.74 Å². The molecule has 0 N–H and O–H groups in total. The van der Waals surface area contributed by atoms with Gasteiger partial charge in [0, 0.05) is 20.2 Å². The second-order valence-corrected chi connectivity index (χ2v) is 6.32. The van der Waals surface area contributed by atoms with Crippen molar-refractivity contribution in [3.8, 4) is 0 Å². The van der Waals surface area contributed by atoms with Crippen LogP contribution in [0.2, 0.25) is 0 Å². The van der Waals surface area contributed by atoms with E-state index in [0.717, 1.165) is 0 Å². The Morgan fingerprint density at radius 1 is 1.19 bits per heavy atom. The molecule has 0 radical (unpaired) electrons. The third-order valence-corrected chi connectivity index (χ3v) is 5.02. The van der Waals surface area contributed by atoms with Crippen molar-refractivity contribution in [3.05, 3.63) is 29.8 Å². The fourth-order valence-corrected chi connectivity index (χ4v) is 3.24. The second-order valence-electron chi connectivity index (χ2n) is 4.39. The maximum Gasteiger partial charge on any atom is 0.309 e. The van der Waals surface area contributed by atoms with Crippen LogP contribution in [0.5, 0.6) is 0 Å². The molecule has 0 saturated heterocycles. The molecule has 0 amide bonds. The number of carbonyl (C=O) groups excluding carboxylic acids is 1. The van der Waals surface area contributed by atoms with E-state index >= 15 is 0 Å². The maximum atomic E-state index is 12.4. The molecule has 0 aliphatic carbocycles.